The summed E-state index contributed by atoms with van der Waals surface area (Å²) in [7, 11) is 0. The second kappa shape index (κ2) is 5.99. The molecule has 0 bridgehead atoms. The summed E-state index contributed by atoms with van der Waals surface area (Å²) >= 11 is 2.03. The summed E-state index contributed by atoms with van der Waals surface area (Å²) in [6.07, 6.45) is 4.24. The molecule has 3 nitrogen and oxygen atoms in total. The van der Waals surface area contributed by atoms with Gasteiger partial charge in [-0.1, -0.05) is 0 Å². The number of aromatic nitrogens is 1. The molecule has 0 radical (unpaired) electrons. The van der Waals surface area contributed by atoms with Gasteiger partial charge in [0.2, 0.25) is 0 Å². The highest BCUT2D eigenvalue weighted by molar-refractivity contribution is 7.99. The zero-order valence-corrected chi connectivity index (χ0v) is 10.4. The number of rotatable bonds is 4. The van der Waals surface area contributed by atoms with Crippen molar-refractivity contribution in [3.63, 3.8) is 0 Å². The molecule has 1 saturated heterocycles. The third kappa shape index (κ3) is 3.04. The van der Waals surface area contributed by atoms with Gasteiger partial charge in [-0.3, -0.25) is 0 Å². The van der Waals surface area contributed by atoms with Crippen molar-refractivity contribution in [3.05, 3.63) is 18.3 Å². The first kappa shape index (κ1) is 11.6. The number of pyridine rings is 1. The van der Waals surface area contributed by atoms with Crippen molar-refractivity contribution < 1.29 is 4.74 Å². The molecule has 0 amide bonds. The zero-order chi connectivity index (χ0) is 11.2. The van der Waals surface area contributed by atoms with Crippen LogP contribution in [0.2, 0.25) is 0 Å². The minimum absolute atomic E-state index is 0.551. The molecule has 0 spiro atoms. The molecule has 16 heavy (non-hydrogen) atoms. The quantitative estimate of drug-likeness (QED) is 0.874. The van der Waals surface area contributed by atoms with Gasteiger partial charge in [-0.15, -0.1) is 0 Å². The first-order valence-corrected chi connectivity index (χ1v) is 6.97. The number of thioether (sulfide) groups is 1. The van der Waals surface area contributed by atoms with Crippen LogP contribution in [0, 0.1) is 0 Å². The number of nitrogens with one attached hydrogen (secondary N) is 1. The van der Waals surface area contributed by atoms with Gasteiger partial charge in [0.05, 0.1) is 6.61 Å². The third-order valence-corrected chi connectivity index (χ3v) is 3.68. The summed E-state index contributed by atoms with van der Waals surface area (Å²) in [5.41, 5.74) is 0. The minimum atomic E-state index is 0.551. The molecule has 0 unspecified atom stereocenters. The van der Waals surface area contributed by atoms with E-state index in [0.29, 0.717) is 12.6 Å². The van der Waals surface area contributed by atoms with Crippen LogP contribution in [0.25, 0.3) is 0 Å². The molecule has 88 valence electrons. The van der Waals surface area contributed by atoms with Crippen LogP contribution in [-0.4, -0.2) is 29.1 Å². The van der Waals surface area contributed by atoms with Gasteiger partial charge in [-0.05, 0) is 43.4 Å². The van der Waals surface area contributed by atoms with Gasteiger partial charge in [0.1, 0.15) is 0 Å². The summed E-state index contributed by atoms with van der Waals surface area (Å²) in [6.45, 7) is 2.68. The van der Waals surface area contributed by atoms with Crippen molar-refractivity contribution in [2.45, 2.75) is 25.8 Å². The van der Waals surface area contributed by atoms with E-state index < -0.39 is 0 Å². The van der Waals surface area contributed by atoms with E-state index in [1.54, 1.807) is 0 Å². The van der Waals surface area contributed by atoms with Gasteiger partial charge in [0.25, 0.3) is 0 Å². The Morgan fingerprint density at radius 2 is 2.31 bits per heavy atom. The van der Waals surface area contributed by atoms with E-state index in [2.05, 4.69) is 10.3 Å². The van der Waals surface area contributed by atoms with Crippen LogP contribution < -0.4 is 10.1 Å². The lowest BCUT2D eigenvalue weighted by molar-refractivity contribution is 0.340. The van der Waals surface area contributed by atoms with Gasteiger partial charge in [0, 0.05) is 12.2 Å². The molecule has 1 aliphatic heterocycles. The second-order valence-corrected chi connectivity index (χ2v) is 5.04. The molecule has 2 rings (SSSR count). The number of nitrogens with zero attached hydrogens (tertiary/aromatic N) is 1. The van der Waals surface area contributed by atoms with Crippen LogP contribution in [0.5, 0.6) is 5.75 Å². The molecule has 0 aromatic carbocycles. The smallest absolute Gasteiger partial charge is 0.168 e. The number of hydrogen-bond acceptors (Lipinski definition) is 4. The third-order valence-electron chi connectivity index (χ3n) is 2.63. The lowest BCUT2D eigenvalue weighted by Gasteiger charge is -2.23. The summed E-state index contributed by atoms with van der Waals surface area (Å²) < 4.78 is 5.55. The summed E-state index contributed by atoms with van der Waals surface area (Å²) in [4.78, 5) is 4.35. The molecule has 1 N–H and O–H groups in total. The molecule has 0 saturated carbocycles. The van der Waals surface area contributed by atoms with Gasteiger partial charge < -0.3 is 10.1 Å². The van der Waals surface area contributed by atoms with Gasteiger partial charge in [0.15, 0.2) is 11.6 Å². The number of anilines is 1. The Labute approximate surface area is 101 Å². The molecule has 0 atom stereocenters. The van der Waals surface area contributed by atoms with Crippen LogP contribution in [-0.2, 0) is 0 Å². The summed E-state index contributed by atoms with van der Waals surface area (Å²) in [5.74, 6) is 4.24. The standard InChI is InChI=1S/C12H18N2OS/c1-2-15-11-4-3-7-13-12(11)14-10-5-8-16-9-6-10/h3-4,7,10H,2,5-6,8-9H2,1H3,(H,13,14). The van der Waals surface area contributed by atoms with Crippen LogP contribution >= 0.6 is 11.8 Å². The lowest BCUT2D eigenvalue weighted by Crippen LogP contribution is -2.25. The summed E-state index contributed by atoms with van der Waals surface area (Å²) in [5, 5.41) is 3.48. The average molecular weight is 238 g/mol. The Bertz CT molecular complexity index is 327. The van der Waals surface area contributed by atoms with Crippen molar-refractivity contribution in [3.8, 4) is 5.75 Å². The van der Waals surface area contributed by atoms with Crippen LogP contribution in [0.15, 0.2) is 18.3 Å². The first-order valence-electron chi connectivity index (χ1n) is 5.82. The Hall–Kier alpha value is -0.900. The van der Waals surface area contributed by atoms with Crippen molar-refractivity contribution >= 4 is 17.6 Å². The van der Waals surface area contributed by atoms with Crippen molar-refractivity contribution in [1.29, 1.82) is 0 Å². The Morgan fingerprint density at radius 1 is 1.50 bits per heavy atom. The largest absolute Gasteiger partial charge is 0.490 e. The molecule has 2 heterocycles. The SMILES string of the molecule is CCOc1cccnc1NC1CCSCC1. The predicted molar refractivity (Wildman–Crippen MR) is 69.4 cm³/mol. The molecule has 1 aromatic rings. The van der Waals surface area contributed by atoms with E-state index in [4.69, 9.17) is 4.74 Å². The van der Waals surface area contributed by atoms with Gasteiger partial charge in [-0.2, -0.15) is 11.8 Å². The highest BCUT2D eigenvalue weighted by Gasteiger charge is 2.15. The molecular formula is C12H18N2OS. The highest BCUT2D eigenvalue weighted by Crippen LogP contribution is 2.25. The topological polar surface area (TPSA) is 34.1 Å². The van der Waals surface area contributed by atoms with Crippen LogP contribution in [0.1, 0.15) is 19.8 Å². The predicted octanol–water partition coefficient (Wildman–Crippen LogP) is 2.79. The Balaban J connectivity index is 2.01. The molecule has 4 heteroatoms. The average Bonchev–Trinajstić information content (AvgIpc) is 2.33. The van der Waals surface area contributed by atoms with Crippen molar-refractivity contribution in [1.82, 2.24) is 4.98 Å². The first-order chi connectivity index (χ1) is 7.90. The zero-order valence-electron chi connectivity index (χ0n) is 9.61. The van der Waals surface area contributed by atoms with Crippen molar-refractivity contribution in [2.24, 2.45) is 0 Å². The maximum Gasteiger partial charge on any atom is 0.168 e. The maximum absolute atomic E-state index is 5.55. The number of ether oxygens (including phenoxy) is 1. The van der Waals surface area contributed by atoms with E-state index >= 15 is 0 Å². The van der Waals surface area contributed by atoms with Crippen LogP contribution in [0.4, 0.5) is 5.82 Å². The highest BCUT2D eigenvalue weighted by atomic mass is 32.2. The normalized spacial score (nSPS) is 17.1. The van der Waals surface area contributed by atoms with E-state index in [9.17, 15) is 0 Å². The molecule has 0 aliphatic carbocycles. The van der Waals surface area contributed by atoms with Crippen LogP contribution in [0.3, 0.4) is 0 Å². The number of hydrogen-bond donors (Lipinski definition) is 1. The summed E-state index contributed by atoms with van der Waals surface area (Å²) in [6, 6.07) is 4.43. The van der Waals surface area contributed by atoms with Crippen molar-refractivity contribution in [2.75, 3.05) is 23.4 Å². The maximum atomic E-state index is 5.55. The van der Waals surface area contributed by atoms with E-state index in [-0.39, 0.29) is 0 Å². The fourth-order valence-corrected chi connectivity index (χ4v) is 2.91. The second-order valence-electron chi connectivity index (χ2n) is 3.81. The fourth-order valence-electron chi connectivity index (χ4n) is 1.81. The van der Waals surface area contributed by atoms with Gasteiger partial charge >= 0.3 is 0 Å². The van der Waals surface area contributed by atoms with E-state index in [1.165, 1.54) is 24.3 Å². The Kier molecular flexibility index (Phi) is 4.34. The Morgan fingerprint density at radius 3 is 3.06 bits per heavy atom. The molecule has 1 aliphatic rings. The molecular weight excluding hydrogens is 220 g/mol. The molecule has 1 fully saturated rings. The van der Waals surface area contributed by atoms with E-state index in [1.807, 2.05) is 37.0 Å². The fraction of sp³-hybridized carbons (Fsp3) is 0.583. The lowest BCUT2D eigenvalue weighted by atomic mass is 10.1. The van der Waals surface area contributed by atoms with Gasteiger partial charge in [-0.25, -0.2) is 4.98 Å². The minimum Gasteiger partial charge on any atom is -0.490 e. The van der Waals surface area contributed by atoms with E-state index in [0.717, 1.165) is 11.6 Å². The molecule has 1 aromatic heterocycles. The monoisotopic (exact) mass is 238 g/mol.